The van der Waals surface area contributed by atoms with Crippen LogP contribution in [0.1, 0.15) is 6.42 Å². The molecule has 1 aliphatic heterocycles. The topological polar surface area (TPSA) is 50.4 Å². The summed E-state index contributed by atoms with van der Waals surface area (Å²) < 4.78 is 6.21. The van der Waals surface area contributed by atoms with E-state index in [2.05, 4.69) is 33.2 Å². The monoisotopic (exact) mass is 366 g/mol. The van der Waals surface area contributed by atoms with Crippen LogP contribution in [0.25, 0.3) is 0 Å². The Kier molecular flexibility index (Phi) is 4.47. The van der Waals surface area contributed by atoms with Gasteiger partial charge < -0.3 is 15.4 Å². The predicted molar refractivity (Wildman–Crippen MR) is 75.5 cm³/mol. The number of hydrogen-bond donors (Lipinski definition) is 2. The number of anilines is 1. The molecule has 1 unspecified atom stereocenters. The molecule has 92 valence electrons. The lowest BCUT2D eigenvalue weighted by molar-refractivity contribution is 0.189. The van der Waals surface area contributed by atoms with Crippen LogP contribution in [0.5, 0.6) is 0 Å². The Hall–Kier alpha value is -0.530. The van der Waals surface area contributed by atoms with Gasteiger partial charge in [-0.25, -0.2) is 4.79 Å². The normalized spacial score (nSPS) is 19.1. The molecule has 2 amide bonds. The van der Waals surface area contributed by atoms with Crippen LogP contribution in [0.2, 0.25) is 5.02 Å². The maximum atomic E-state index is 11.7. The fourth-order valence-corrected chi connectivity index (χ4v) is 2.49. The number of carbonyl (C=O) groups is 1. The minimum atomic E-state index is -0.247. The number of rotatable bonds is 2. The number of ether oxygens (including phenoxy) is 1. The first-order valence-corrected chi connectivity index (χ1v) is 6.71. The first-order chi connectivity index (χ1) is 8.15. The SMILES string of the molecule is O=C(Nc1ccc(I)cc1Cl)NC1CCOC1. The Labute approximate surface area is 118 Å². The van der Waals surface area contributed by atoms with Crippen LogP contribution in [-0.4, -0.2) is 25.3 Å². The zero-order chi connectivity index (χ0) is 12.3. The molecule has 1 aromatic carbocycles. The van der Waals surface area contributed by atoms with Gasteiger partial charge in [-0.05, 0) is 47.2 Å². The van der Waals surface area contributed by atoms with Crippen molar-refractivity contribution in [3.05, 3.63) is 26.8 Å². The summed E-state index contributed by atoms with van der Waals surface area (Å²) in [6.07, 6.45) is 0.855. The highest BCUT2D eigenvalue weighted by molar-refractivity contribution is 14.1. The maximum absolute atomic E-state index is 11.7. The van der Waals surface area contributed by atoms with Crippen LogP contribution in [0, 0.1) is 3.57 Å². The summed E-state index contributed by atoms with van der Waals surface area (Å²) in [5.74, 6) is 0. The van der Waals surface area contributed by atoms with Crippen LogP contribution >= 0.6 is 34.2 Å². The molecule has 2 N–H and O–H groups in total. The molecule has 0 bridgehead atoms. The van der Waals surface area contributed by atoms with Crippen molar-refractivity contribution < 1.29 is 9.53 Å². The summed E-state index contributed by atoms with van der Waals surface area (Å²) >= 11 is 8.18. The average molecular weight is 367 g/mol. The molecule has 1 aromatic rings. The minimum absolute atomic E-state index is 0.0950. The van der Waals surface area contributed by atoms with Gasteiger partial charge in [0.2, 0.25) is 0 Å². The van der Waals surface area contributed by atoms with Crippen molar-refractivity contribution >= 4 is 45.9 Å². The van der Waals surface area contributed by atoms with Crippen molar-refractivity contribution in [3.8, 4) is 0 Å². The van der Waals surface area contributed by atoms with E-state index in [1.807, 2.05) is 6.07 Å². The second-order valence-electron chi connectivity index (χ2n) is 3.78. The predicted octanol–water partition coefficient (Wildman–Crippen LogP) is 2.86. The number of nitrogens with one attached hydrogen (secondary N) is 2. The van der Waals surface area contributed by atoms with Gasteiger partial charge in [0.05, 0.1) is 23.4 Å². The van der Waals surface area contributed by atoms with Crippen molar-refractivity contribution in [2.75, 3.05) is 18.5 Å². The third kappa shape index (κ3) is 3.72. The van der Waals surface area contributed by atoms with Crippen LogP contribution in [0.3, 0.4) is 0 Å². The first kappa shape index (κ1) is 12.9. The van der Waals surface area contributed by atoms with E-state index in [9.17, 15) is 4.79 Å². The molecule has 1 saturated heterocycles. The second-order valence-corrected chi connectivity index (χ2v) is 5.44. The smallest absolute Gasteiger partial charge is 0.319 e. The molecule has 0 radical (unpaired) electrons. The summed E-state index contributed by atoms with van der Waals surface area (Å²) in [7, 11) is 0. The molecule has 2 rings (SSSR count). The largest absolute Gasteiger partial charge is 0.379 e. The Morgan fingerprint density at radius 2 is 2.35 bits per heavy atom. The van der Waals surface area contributed by atoms with Gasteiger partial charge in [0.1, 0.15) is 0 Å². The van der Waals surface area contributed by atoms with E-state index in [1.165, 1.54) is 0 Å². The van der Waals surface area contributed by atoms with Crippen molar-refractivity contribution in [2.24, 2.45) is 0 Å². The average Bonchev–Trinajstić information content (AvgIpc) is 2.75. The van der Waals surface area contributed by atoms with Crippen LogP contribution < -0.4 is 10.6 Å². The standard InChI is InChI=1S/C11H12ClIN2O2/c12-9-5-7(13)1-2-10(9)15-11(16)14-8-3-4-17-6-8/h1-2,5,8H,3-4,6H2,(H2,14,15,16). The molecule has 0 aliphatic carbocycles. The van der Waals surface area contributed by atoms with E-state index in [0.29, 0.717) is 23.9 Å². The van der Waals surface area contributed by atoms with Gasteiger partial charge in [-0.15, -0.1) is 0 Å². The molecule has 1 heterocycles. The molecular formula is C11H12ClIN2O2. The Bertz CT molecular complexity index is 422. The first-order valence-electron chi connectivity index (χ1n) is 5.25. The molecular weight excluding hydrogens is 354 g/mol. The fourth-order valence-electron chi connectivity index (χ4n) is 1.58. The van der Waals surface area contributed by atoms with Crippen LogP contribution in [-0.2, 0) is 4.74 Å². The number of urea groups is 1. The zero-order valence-corrected chi connectivity index (χ0v) is 11.9. The van der Waals surface area contributed by atoms with E-state index in [1.54, 1.807) is 12.1 Å². The van der Waals surface area contributed by atoms with Crippen LogP contribution in [0.4, 0.5) is 10.5 Å². The minimum Gasteiger partial charge on any atom is -0.379 e. The van der Waals surface area contributed by atoms with Gasteiger partial charge in [-0.3, -0.25) is 0 Å². The van der Waals surface area contributed by atoms with E-state index in [4.69, 9.17) is 16.3 Å². The molecule has 1 atom stereocenters. The molecule has 0 aromatic heterocycles. The zero-order valence-electron chi connectivity index (χ0n) is 9.00. The quantitative estimate of drug-likeness (QED) is 0.791. The van der Waals surface area contributed by atoms with Crippen molar-refractivity contribution in [2.45, 2.75) is 12.5 Å². The van der Waals surface area contributed by atoms with Gasteiger partial charge in [0.15, 0.2) is 0 Å². The molecule has 1 aliphatic rings. The van der Waals surface area contributed by atoms with Gasteiger partial charge in [0.25, 0.3) is 0 Å². The Balaban J connectivity index is 1.93. The highest BCUT2D eigenvalue weighted by Gasteiger charge is 2.17. The number of carbonyl (C=O) groups excluding carboxylic acids is 1. The highest BCUT2D eigenvalue weighted by atomic mass is 127. The van der Waals surface area contributed by atoms with Crippen molar-refractivity contribution in [3.63, 3.8) is 0 Å². The van der Waals surface area contributed by atoms with Gasteiger partial charge in [0, 0.05) is 10.2 Å². The number of halogens is 2. The molecule has 4 nitrogen and oxygen atoms in total. The third-order valence-corrected chi connectivity index (χ3v) is 3.43. The van der Waals surface area contributed by atoms with Gasteiger partial charge in [-0.1, -0.05) is 11.6 Å². The van der Waals surface area contributed by atoms with Crippen molar-refractivity contribution in [1.29, 1.82) is 0 Å². The third-order valence-electron chi connectivity index (χ3n) is 2.44. The van der Waals surface area contributed by atoms with Gasteiger partial charge >= 0.3 is 6.03 Å². The van der Waals surface area contributed by atoms with E-state index in [0.717, 1.165) is 9.99 Å². The Morgan fingerprint density at radius 3 is 3.00 bits per heavy atom. The summed E-state index contributed by atoms with van der Waals surface area (Å²) in [6, 6.07) is 5.33. The lowest BCUT2D eigenvalue weighted by Crippen LogP contribution is -2.38. The number of hydrogen-bond acceptors (Lipinski definition) is 2. The lowest BCUT2D eigenvalue weighted by Gasteiger charge is -2.12. The summed E-state index contributed by atoms with van der Waals surface area (Å²) in [4.78, 5) is 11.7. The number of amides is 2. The van der Waals surface area contributed by atoms with Gasteiger partial charge in [-0.2, -0.15) is 0 Å². The van der Waals surface area contributed by atoms with E-state index in [-0.39, 0.29) is 12.1 Å². The van der Waals surface area contributed by atoms with E-state index >= 15 is 0 Å². The fraction of sp³-hybridized carbons (Fsp3) is 0.364. The molecule has 0 spiro atoms. The summed E-state index contributed by atoms with van der Waals surface area (Å²) in [5, 5.41) is 6.09. The molecule has 17 heavy (non-hydrogen) atoms. The summed E-state index contributed by atoms with van der Waals surface area (Å²) in [5.41, 5.74) is 0.614. The highest BCUT2D eigenvalue weighted by Crippen LogP contribution is 2.23. The van der Waals surface area contributed by atoms with Crippen molar-refractivity contribution in [1.82, 2.24) is 5.32 Å². The second kappa shape index (κ2) is 5.88. The van der Waals surface area contributed by atoms with Crippen LogP contribution in [0.15, 0.2) is 18.2 Å². The maximum Gasteiger partial charge on any atom is 0.319 e. The lowest BCUT2D eigenvalue weighted by atomic mass is 10.3. The molecule has 0 saturated carbocycles. The number of benzene rings is 1. The molecule has 6 heteroatoms. The molecule has 1 fully saturated rings. The summed E-state index contributed by atoms with van der Waals surface area (Å²) in [6.45, 7) is 1.28. The Morgan fingerprint density at radius 1 is 1.53 bits per heavy atom. The van der Waals surface area contributed by atoms with E-state index < -0.39 is 0 Å².